The highest BCUT2D eigenvalue weighted by Crippen LogP contribution is 2.30. The molecule has 0 radical (unpaired) electrons. The zero-order valence-electron chi connectivity index (χ0n) is 7.19. The summed E-state index contributed by atoms with van der Waals surface area (Å²) in [6, 6.07) is -0.0562. The first-order chi connectivity index (χ1) is 6.66. The SMILES string of the molecule is O=C(O)c1cnc(NC(=O)C2CC2)o1. The van der Waals surface area contributed by atoms with Crippen LogP contribution in [0.3, 0.4) is 0 Å². The zero-order chi connectivity index (χ0) is 10.1. The molecule has 0 bridgehead atoms. The summed E-state index contributed by atoms with van der Waals surface area (Å²) in [5.74, 6) is -1.61. The van der Waals surface area contributed by atoms with Gasteiger partial charge in [-0.15, -0.1) is 0 Å². The number of carboxylic acids is 1. The maximum atomic E-state index is 11.2. The molecule has 2 rings (SSSR count). The molecule has 0 atom stereocenters. The number of hydrogen-bond donors (Lipinski definition) is 2. The Morgan fingerprint density at radius 2 is 2.29 bits per heavy atom. The summed E-state index contributed by atoms with van der Waals surface area (Å²) in [6.07, 6.45) is 2.81. The van der Waals surface area contributed by atoms with Crippen molar-refractivity contribution in [3.8, 4) is 0 Å². The predicted molar refractivity (Wildman–Crippen MR) is 44.8 cm³/mol. The summed E-state index contributed by atoms with van der Waals surface area (Å²) in [6.45, 7) is 0. The highest BCUT2D eigenvalue weighted by atomic mass is 16.4. The van der Waals surface area contributed by atoms with E-state index in [1.165, 1.54) is 0 Å². The van der Waals surface area contributed by atoms with Gasteiger partial charge in [0.1, 0.15) is 0 Å². The van der Waals surface area contributed by atoms with Gasteiger partial charge in [0.05, 0.1) is 6.20 Å². The average Bonchev–Trinajstić information content (AvgIpc) is 2.87. The minimum atomic E-state index is -1.20. The lowest BCUT2D eigenvalue weighted by molar-refractivity contribution is -0.117. The van der Waals surface area contributed by atoms with E-state index in [9.17, 15) is 9.59 Å². The molecule has 1 aromatic heterocycles. The zero-order valence-corrected chi connectivity index (χ0v) is 7.19. The number of anilines is 1. The van der Waals surface area contributed by atoms with Crippen LogP contribution in [0.5, 0.6) is 0 Å². The van der Waals surface area contributed by atoms with Crippen molar-refractivity contribution < 1.29 is 19.1 Å². The minimum absolute atomic E-state index is 0.0372. The molecule has 0 aromatic carbocycles. The second-order valence-corrected chi connectivity index (χ2v) is 3.10. The number of hydrogen-bond acceptors (Lipinski definition) is 4. The Hall–Kier alpha value is -1.85. The number of amides is 1. The van der Waals surface area contributed by atoms with Crippen LogP contribution in [0.4, 0.5) is 6.01 Å². The normalized spacial score (nSPS) is 15.1. The quantitative estimate of drug-likeness (QED) is 0.743. The molecular weight excluding hydrogens is 188 g/mol. The number of rotatable bonds is 3. The van der Waals surface area contributed by atoms with Gasteiger partial charge >= 0.3 is 12.0 Å². The first-order valence-corrected chi connectivity index (χ1v) is 4.17. The van der Waals surface area contributed by atoms with Crippen molar-refractivity contribution in [1.29, 1.82) is 0 Å². The summed E-state index contributed by atoms with van der Waals surface area (Å²) >= 11 is 0. The maximum absolute atomic E-state index is 11.2. The van der Waals surface area contributed by atoms with E-state index in [0.29, 0.717) is 0 Å². The fourth-order valence-corrected chi connectivity index (χ4v) is 0.984. The largest absolute Gasteiger partial charge is 0.475 e. The first kappa shape index (κ1) is 8.74. The van der Waals surface area contributed by atoms with Crippen molar-refractivity contribution in [2.75, 3.05) is 5.32 Å². The van der Waals surface area contributed by atoms with Crippen LogP contribution in [0.15, 0.2) is 10.6 Å². The van der Waals surface area contributed by atoms with E-state index >= 15 is 0 Å². The van der Waals surface area contributed by atoms with E-state index in [1.54, 1.807) is 0 Å². The van der Waals surface area contributed by atoms with Crippen LogP contribution in [0.1, 0.15) is 23.4 Å². The Kier molecular flexibility index (Phi) is 1.95. The molecule has 0 unspecified atom stereocenters. The number of aromatic carboxylic acids is 1. The van der Waals surface area contributed by atoms with Gasteiger partial charge in [0.25, 0.3) is 0 Å². The Morgan fingerprint density at radius 3 is 2.79 bits per heavy atom. The Balaban J connectivity index is 2.02. The number of carbonyl (C=O) groups excluding carboxylic acids is 1. The van der Waals surface area contributed by atoms with Gasteiger partial charge in [0.15, 0.2) is 0 Å². The topological polar surface area (TPSA) is 92.4 Å². The van der Waals surface area contributed by atoms with Crippen LogP contribution >= 0.6 is 0 Å². The van der Waals surface area contributed by atoms with Crippen molar-refractivity contribution in [3.05, 3.63) is 12.0 Å². The molecule has 1 aliphatic rings. The molecular formula is C8H8N2O4. The molecule has 1 saturated carbocycles. The Bertz CT molecular complexity index is 380. The van der Waals surface area contributed by atoms with Gasteiger partial charge in [-0.3, -0.25) is 10.1 Å². The fraction of sp³-hybridized carbons (Fsp3) is 0.375. The molecule has 6 heteroatoms. The second-order valence-electron chi connectivity index (χ2n) is 3.10. The lowest BCUT2D eigenvalue weighted by Crippen LogP contribution is -2.13. The molecule has 74 valence electrons. The number of nitrogens with zero attached hydrogens (tertiary/aromatic N) is 1. The van der Waals surface area contributed by atoms with Crippen molar-refractivity contribution in [3.63, 3.8) is 0 Å². The van der Waals surface area contributed by atoms with E-state index in [4.69, 9.17) is 9.52 Å². The molecule has 1 heterocycles. The molecule has 1 fully saturated rings. The van der Waals surface area contributed by atoms with E-state index < -0.39 is 5.97 Å². The lowest BCUT2D eigenvalue weighted by atomic mass is 10.4. The summed E-state index contributed by atoms with van der Waals surface area (Å²) < 4.78 is 4.75. The number of nitrogens with one attached hydrogen (secondary N) is 1. The van der Waals surface area contributed by atoms with E-state index in [-0.39, 0.29) is 23.6 Å². The van der Waals surface area contributed by atoms with Crippen LogP contribution in [-0.2, 0) is 4.79 Å². The van der Waals surface area contributed by atoms with Crippen LogP contribution in [0.25, 0.3) is 0 Å². The van der Waals surface area contributed by atoms with Gasteiger partial charge in [0, 0.05) is 5.92 Å². The molecule has 1 aliphatic carbocycles. The lowest BCUT2D eigenvalue weighted by Gasteiger charge is -1.96. The molecule has 14 heavy (non-hydrogen) atoms. The maximum Gasteiger partial charge on any atom is 0.373 e. The summed E-state index contributed by atoms with van der Waals surface area (Å²) in [4.78, 5) is 25.2. The highest BCUT2D eigenvalue weighted by Gasteiger charge is 2.30. The van der Waals surface area contributed by atoms with Crippen molar-refractivity contribution in [1.82, 2.24) is 4.98 Å². The highest BCUT2D eigenvalue weighted by molar-refractivity contribution is 5.92. The van der Waals surface area contributed by atoms with E-state index in [2.05, 4.69) is 10.3 Å². The van der Waals surface area contributed by atoms with Crippen LogP contribution < -0.4 is 5.32 Å². The third-order valence-electron chi connectivity index (χ3n) is 1.89. The Labute approximate surface area is 78.9 Å². The van der Waals surface area contributed by atoms with Crippen molar-refractivity contribution in [2.24, 2.45) is 5.92 Å². The first-order valence-electron chi connectivity index (χ1n) is 4.17. The minimum Gasteiger partial charge on any atom is -0.475 e. The van der Waals surface area contributed by atoms with Crippen LogP contribution in [-0.4, -0.2) is 22.0 Å². The van der Waals surface area contributed by atoms with Gasteiger partial charge in [-0.25, -0.2) is 9.78 Å². The van der Waals surface area contributed by atoms with Gasteiger partial charge in [-0.05, 0) is 12.8 Å². The van der Waals surface area contributed by atoms with Gasteiger partial charge in [-0.2, -0.15) is 0 Å². The summed E-state index contributed by atoms with van der Waals surface area (Å²) in [7, 11) is 0. The fourth-order valence-electron chi connectivity index (χ4n) is 0.984. The molecule has 0 aliphatic heterocycles. The third-order valence-corrected chi connectivity index (χ3v) is 1.89. The molecule has 2 N–H and O–H groups in total. The van der Waals surface area contributed by atoms with E-state index in [1.807, 2.05) is 0 Å². The van der Waals surface area contributed by atoms with Crippen molar-refractivity contribution in [2.45, 2.75) is 12.8 Å². The van der Waals surface area contributed by atoms with Crippen LogP contribution in [0, 0.1) is 5.92 Å². The molecule has 6 nitrogen and oxygen atoms in total. The standard InChI is InChI=1S/C8H8N2O4/c11-6(4-1-2-4)10-8-9-3-5(14-8)7(12)13/h3-4H,1-2H2,(H,12,13)(H,9,10,11). The summed E-state index contributed by atoms with van der Waals surface area (Å²) in [5, 5.41) is 10.9. The van der Waals surface area contributed by atoms with Gasteiger partial charge < -0.3 is 9.52 Å². The monoisotopic (exact) mass is 196 g/mol. The second kappa shape index (κ2) is 3.13. The van der Waals surface area contributed by atoms with Crippen molar-refractivity contribution >= 4 is 17.9 Å². The Morgan fingerprint density at radius 1 is 1.57 bits per heavy atom. The number of carboxylic acid groups (broad SMARTS) is 1. The van der Waals surface area contributed by atoms with Gasteiger partial charge in [0.2, 0.25) is 11.7 Å². The number of carbonyl (C=O) groups is 2. The predicted octanol–water partition coefficient (Wildman–Crippen LogP) is 0.721. The smallest absolute Gasteiger partial charge is 0.373 e. The molecule has 1 amide bonds. The number of oxazole rings is 1. The van der Waals surface area contributed by atoms with Crippen LogP contribution in [0.2, 0.25) is 0 Å². The molecule has 0 saturated heterocycles. The summed E-state index contributed by atoms with van der Waals surface area (Å²) in [5.41, 5.74) is 0. The molecule has 0 spiro atoms. The van der Waals surface area contributed by atoms with Gasteiger partial charge in [-0.1, -0.05) is 0 Å². The molecule has 1 aromatic rings. The average molecular weight is 196 g/mol. The van der Waals surface area contributed by atoms with E-state index in [0.717, 1.165) is 19.0 Å². The third kappa shape index (κ3) is 1.73. The number of aromatic nitrogens is 1.